The third kappa shape index (κ3) is 5.43. The molecule has 0 atom stereocenters. The number of halogens is 1. The summed E-state index contributed by atoms with van der Waals surface area (Å²) in [4.78, 5) is 24.6. The van der Waals surface area contributed by atoms with Gasteiger partial charge in [-0.15, -0.1) is 0 Å². The van der Waals surface area contributed by atoms with E-state index in [2.05, 4.69) is 10.4 Å². The number of ether oxygens (including phenoxy) is 2. The number of rotatable bonds is 7. The molecule has 3 aromatic rings. The molecule has 0 fully saturated rings. The van der Waals surface area contributed by atoms with Crippen LogP contribution >= 0.6 is 11.6 Å². The number of nitrogens with zero attached hydrogens (tertiary/aromatic N) is 2. The van der Waals surface area contributed by atoms with Crippen molar-refractivity contribution < 1.29 is 19.1 Å². The van der Waals surface area contributed by atoms with Crippen molar-refractivity contribution in [2.75, 3.05) is 13.2 Å². The van der Waals surface area contributed by atoms with Crippen LogP contribution in [0, 0.1) is 13.8 Å². The molecule has 0 bridgehead atoms. The van der Waals surface area contributed by atoms with Crippen LogP contribution in [0.2, 0.25) is 5.02 Å². The lowest BCUT2D eigenvalue weighted by Gasteiger charge is -2.17. The summed E-state index contributed by atoms with van der Waals surface area (Å²) >= 11 is 6.00. The predicted octanol–water partition coefficient (Wildman–Crippen LogP) is 3.84. The molecule has 1 aromatic heterocycles. The lowest BCUT2D eigenvalue weighted by Crippen LogP contribution is -2.29. The smallest absolute Gasteiger partial charge is 0.338 e. The summed E-state index contributed by atoms with van der Waals surface area (Å²) in [5.41, 5.74) is 4.95. The second-order valence-corrected chi connectivity index (χ2v) is 8.22. The molecule has 1 aliphatic heterocycles. The van der Waals surface area contributed by atoms with E-state index >= 15 is 0 Å². The fraction of sp³-hybridized carbons (Fsp3) is 0.240. The maximum atomic E-state index is 12.4. The lowest BCUT2D eigenvalue weighted by molar-refractivity contribution is -0.145. The van der Waals surface area contributed by atoms with Gasteiger partial charge < -0.3 is 14.8 Å². The first-order valence-electron chi connectivity index (χ1n) is 10.5. The quantitative estimate of drug-likeness (QED) is 0.536. The molecule has 1 N–H and O–H groups in total. The molecule has 2 aromatic carbocycles. The number of nitrogens with one attached hydrogen (secondary N) is 1. The molecule has 4 rings (SSSR count). The van der Waals surface area contributed by atoms with Crippen molar-refractivity contribution in [3.8, 4) is 5.75 Å². The van der Waals surface area contributed by atoms with E-state index in [9.17, 15) is 9.59 Å². The highest BCUT2D eigenvalue weighted by molar-refractivity contribution is 6.30. The average Bonchev–Trinajstić information content (AvgIpc) is 3.08. The molecular formula is C25H24ClN3O4. The first-order valence-corrected chi connectivity index (χ1v) is 10.9. The van der Waals surface area contributed by atoms with E-state index in [0.717, 1.165) is 22.5 Å². The van der Waals surface area contributed by atoms with Gasteiger partial charge in [0.05, 0.1) is 17.8 Å². The number of carbonyl (C=O) groups excluding carboxylic acids is 2. The summed E-state index contributed by atoms with van der Waals surface area (Å²) < 4.78 is 12.6. The molecule has 0 saturated carbocycles. The van der Waals surface area contributed by atoms with E-state index in [0.29, 0.717) is 35.0 Å². The number of hydrogen-bond acceptors (Lipinski definition) is 5. The second-order valence-electron chi connectivity index (χ2n) is 7.79. The maximum absolute atomic E-state index is 12.4. The van der Waals surface area contributed by atoms with E-state index < -0.39 is 11.9 Å². The summed E-state index contributed by atoms with van der Waals surface area (Å²) in [5, 5.41) is 7.94. The molecule has 1 amide bonds. The molecule has 170 valence electrons. The van der Waals surface area contributed by atoms with Crippen molar-refractivity contribution in [3.05, 3.63) is 87.2 Å². The number of aromatic nitrogens is 2. The molecular weight excluding hydrogens is 442 g/mol. The Bertz CT molecular complexity index is 1220. The molecule has 33 heavy (non-hydrogen) atoms. The molecule has 0 spiro atoms. The summed E-state index contributed by atoms with van der Waals surface area (Å²) in [6.07, 6.45) is 1.67. The Hall–Kier alpha value is -3.58. The van der Waals surface area contributed by atoms with Crippen LogP contribution in [0.1, 0.15) is 28.1 Å². The van der Waals surface area contributed by atoms with Crippen LogP contribution in [-0.4, -0.2) is 34.9 Å². The number of esters is 1. The van der Waals surface area contributed by atoms with E-state index in [1.54, 1.807) is 24.3 Å². The van der Waals surface area contributed by atoms with Gasteiger partial charge in [0, 0.05) is 28.4 Å². The Kier molecular flexibility index (Phi) is 6.79. The minimum Gasteiger partial charge on any atom is -0.488 e. The zero-order chi connectivity index (χ0) is 23.4. The SMILES string of the molecule is Cc1nn(Cc2ccccc2)c(C)c1CNC(=O)COC(=O)C1=Cc2cc(Cl)ccc2OC1. The maximum Gasteiger partial charge on any atom is 0.338 e. The van der Waals surface area contributed by atoms with Crippen LogP contribution in [0.5, 0.6) is 5.75 Å². The van der Waals surface area contributed by atoms with Gasteiger partial charge in [0.15, 0.2) is 6.61 Å². The molecule has 0 radical (unpaired) electrons. The lowest BCUT2D eigenvalue weighted by atomic mass is 10.1. The number of fused-ring (bicyclic) bond motifs is 1. The largest absolute Gasteiger partial charge is 0.488 e. The summed E-state index contributed by atoms with van der Waals surface area (Å²) in [6.45, 7) is 4.55. The van der Waals surface area contributed by atoms with Crippen molar-refractivity contribution in [1.82, 2.24) is 15.1 Å². The van der Waals surface area contributed by atoms with Crippen LogP contribution in [0.25, 0.3) is 6.08 Å². The Morgan fingerprint density at radius 2 is 1.97 bits per heavy atom. The molecule has 0 unspecified atom stereocenters. The number of benzene rings is 2. The van der Waals surface area contributed by atoms with Gasteiger partial charge in [-0.1, -0.05) is 41.9 Å². The van der Waals surface area contributed by atoms with Gasteiger partial charge in [-0.2, -0.15) is 5.10 Å². The third-order valence-electron chi connectivity index (χ3n) is 5.45. The summed E-state index contributed by atoms with van der Waals surface area (Å²) in [7, 11) is 0. The zero-order valence-corrected chi connectivity index (χ0v) is 19.2. The molecule has 0 aliphatic carbocycles. The second kappa shape index (κ2) is 9.92. The highest BCUT2D eigenvalue weighted by atomic mass is 35.5. The van der Waals surface area contributed by atoms with Crippen LogP contribution in [-0.2, 0) is 27.4 Å². The fourth-order valence-corrected chi connectivity index (χ4v) is 3.81. The Balaban J connectivity index is 1.31. The van der Waals surface area contributed by atoms with Gasteiger partial charge in [-0.25, -0.2) is 4.79 Å². The van der Waals surface area contributed by atoms with Gasteiger partial charge >= 0.3 is 5.97 Å². The van der Waals surface area contributed by atoms with Crippen molar-refractivity contribution in [2.24, 2.45) is 0 Å². The van der Waals surface area contributed by atoms with Crippen LogP contribution < -0.4 is 10.1 Å². The minimum atomic E-state index is -0.598. The van der Waals surface area contributed by atoms with Gasteiger partial charge in [0.2, 0.25) is 0 Å². The number of aryl methyl sites for hydroxylation is 1. The third-order valence-corrected chi connectivity index (χ3v) is 5.69. The van der Waals surface area contributed by atoms with Gasteiger partial charge in [-0.3, -0.25) is 9.48 Å². The van der Waals surface area contributed by atoms with Crippen LogP contribution in [0.4, 0.5) is 0 Å². The van der Waals surface area contributed by atoms with Gasteiger partial charge in [0.1, 0.15) is 12.4 Å². The van der Waals surface area contributed by atoms with E-state index in [1.165, 1.54) is 0 Å². The van der Waals surface area contributed by atoms with Gasteiger partial charge in [-0.05, 0) is 43.7 Å². The highest BCUT2D eigenvalue weighted by Crippen LogP contribution is 2.29. The average molecular weight is 466 g/mol. The Morgan fingerprint density at radius 1 is 1.18 bits per heavy atom. The van der Waals surface area contributed by atoms with E-state index in [-0.39, 0.29) is 13.2 Å². The standard InChI is InChI=1S/C25H24ClN3O4/c1-16-22(17(2)29(28-16)13-18-6-4-3-5-7-18)12-27-24(30)15-33-25(31)20-10-19-11-21(26)8-9-23(19)32-14-20/h3-11H,12-15H2,1-2H3,(H,27,30). The number of carbonyl (C=O) groups is 2. The Labute approximate surface area is 197 Å². The molecule has 8 heteroatoms. The monoisotopic (exact) mass is 465 g/mol. The summed E-state index contributed by atoms with van der Waals surface area (Å²) in [5.74, 6) is -0.343. The first kappa shape index (κ1) is 22.6. The minimum absolute atomic E-state index is 0.0775. The van der Waals surface area contributed by atoms with E-state index in [1.807, 2.05) is 48.9 Å². The molecule has 2 heterocycles. The fourth-order valence-electron chi connectivity index (χ4n) is 3.63. The normalized spacial score (nSPS) is 12.4. The van der Waals surface area contributed by atoms with E-state index in [4.69, 9.17) is 21.1 Å². The topological polar surface area (TPSA) is 82.5 Å². The Morgan fingerprint density at radius 3 is 2.76 bits per heavy atom. The van der Waals surface area contributed by atoms with Crippen molar-refractivity contribution in [2.45, 2.75) is 26.9 Å². The zero-order valence-electron chi connectivity index (χ0n) is 18.4. The highest BCUT2D eigenvalue weighted by Gasteiger charge is 2.20. The molecule has 1 aliphatic rings. The van der Waals surface area contributed by atoms with Crippen LogP contribution in [0.15, 0.2) is 54.1 Å². The van der Waals surface area contributed by atoms with Gasteiger partial charge in [0.25, 0.3) is 5.91 Å². The predicted molar refractivity (Wildman–Crippen MR) is 125 cm³/mol. The molecule has 7 nitrogen and oxygen atoms in total. The van der Waals surface area contributed by atoms with Crippen LogP contribution in [0.3, 0.4) is 0 Å². The summed E-state index contributed by atoms with van der Waals surface area (Å²) in [6, 6.07) is 15.2. The van der Waals surface area contributed by atoms with Crippen molar-refractivity contribution in [3.63, 3.8) is 0 Å². The van der Waals surface area contributed by atoms with Crippen molar-refractivity contribution in [1.29, 1.82) is 0 Å². The number of hydrogen-bond donors (Lipinski definition) is 1. The first-order chi connectivity index (χ1) is 15.9. The number of amides is 1. The van der Waals surface area contributed by atoms with Crippen molar-refractivity contribution >= 4 is 29.6 Å². The molecule has 0 saturated heterocycles.